The van der Waals surface area contributed by atoms with Crippen LogP contribution >= 0.6 is 11.6 Å². The lowest BCUT2D eigenvalue weighted by Gasteiger charge is -2.03. The molecule has 0 aliphatic heterocycles. The van der Waals surface area contributed by atoms with Crippen molar-refractivity contribution < 1.29 is 9.84 Å². The van der Waals surface area contributed by atoms with Gasteiger partial charge < -0.3 is 14.8 Å². The number of nitrogens with one attached hydrogen (secondary N) is 1. The van der Waals surface area contributed by atoms with Gasteiger partial charge in [-0.2, -0.15) is 0 Å². The number of benzene rings is 1. The minimum absolute atomic E-state index is 0.0989. The first-order valence-electron chi connectivity index (χ1n) is 3.91. The zero-order chi connectivity index (χ0) is 9.97. The van der Waals surface area contributed by atoms with Crippen LogP contribution in [0.2, 0.25) is 5.02 Å². The van der Waals surface area contributed by atoms with Gasteiger partial charge in [0.25, 0.3) is 6.01 Å². The SMILES string of the molecule is Oc1ccc(Oc2ncc[nH]2)c(Cl)c1. The Morgan fingerprint density at radius 3 is 2.93 bits per heavy atom. The minimum atomic E-state index is 0.0989. The number of aromatic amines is 1. The Kier molecular flexibility index (Phi) is 2.28. The average Bonchev–Trinajstić information content (AvgIpc) is 2.62. The van der Waals surface area contributed by atoms with Crippen molar-refractivity contribution in [2.45, 2.75) is 0 Å². The van der Waals surface area contributed by atoms with Crippen LogP contribution in [0.4, 0.5) is 0 Å². The van der Waals surface area contributed by atoms with Crippen LogP contribution in [0.5, 0.6) is 17.5 Å². The van der Waals surface area contributed by atoms with E-state index >= 15 is 0 Å². The molecule has 0 unspecified atom stereocenters. The first-order valence-corrected chi connectivity index (χ1v) is 4.29. The van der Waals surface area contributed by atoms with Crippen LogP contribution in [0.3, 0.4) is 0 Å². The Hall–Kier alpha value is -1.68. The van der Waals surface area contributed by atoms with E-state index in [1.807, 2.05) is 0 Å². The summed E-state index contributed by atoms with van der Waals surface area (Å²) in [6, 6.07) is 4.82. The third-order valence-electron chi connectivity index (χ3n) is 1.60. The normalized spacial score (nSPS) is 10.1. The van der Waals surface area contributed by atoms with Gasteiger partial charge in [-0.05, 0) is 12.1 Å². The number of aromatic hydroxyl groups is 1. The van der Waals surface area contributed by atoms with Gasteiger partial charge in [-0.25, -0.2) is 4.98 Å². The highest BCUT2D eigenvalue weighted by Crippen LogP contribution is 2.30. The molecule has 0 aliphatic carbocycles. The number of imidazole rings is 1. The highest BCUT2D eigenvalue weighted by Gasteiger charge is 2.04. The zero-order valence-corrected chi connectivity index (χ0v) is 7.82. The molecule has 1 aromatic heterocycles. The average molecular weight is 211 g/mol. The largest absolute Gasteiger partial charge is 0.508 e. The van der Waals surface area contributed by atoms with E-state index in [0.29, 0.717) is 16.8 Å². The summed E-state index contributed by atoms with van der Waals surface area (Å²) in [6.07, 6.45) is 3.22. The lowest BCUT2D eigenvalue weighted by atomic mass is 10.3. The van der Waals surface area contributed by atoms with E-state index in [2.05, 4.69) is 9.97 Å². The number of hydrogen-bond acceptors (Lipinski definition) is 3. The lowest BCUT2D eigenvalue weighted by molar-refractivity contribution is 0.442. The van der Waals surface area contributed by atoms with E-state index in [9.17, 15) is 0 Å². The summed E-state index contributed by atoms with van der Waals surface area (Å²) in [7, 11) is 0. The first-order chi connectivity index (χ1) is 6.75. The summed E-state index contributed by atoms with van der Waals surface area (Å²) in [4.78, 5) is 6.65. The first kappa shape index (κ1) is 8.90. The molecule has 1 aromatic carbocycles. The molecule has 0 bridgehead atoms. The van der Waals surface area contributed by atoms with Crippen molar-refractivity contribution in [1.29, 1.82) is 0 Å². The number of H-pyrrole nitrogens is 1. The Balaban J connectivity index is 2.25. The fourth-order valence-electron chi connectivity index (χ4n) is 0.983. The summed E-state index contributed by atoms with van der Waals surface area (Å²) >= 11 is 5.82. The third-order valence-corrected chi connectivity index (χ3v) is 1.89. The Bertz CT molecular complexity index is 428. The van der Waals surface area contributed by atoms with E-state index in [0.717, 1.165) is 0 Å². The third kappa shape index (κ3) is 1.80. The lowest BCUT2D eigenvalue weighted by Crippen LogP contribution is -1.86. The molecular formula is C9H7ClN2O2. The van der Waals surface area contributed by atoms with Gasteiger partial charge in [-0.15, -0.1) is 0 Å². The number of aromatic nitrogens is 2. The molecule has 2 aromatic rings. The molecule has 0 amide bonds. The number of nitrogens with zero attached hydrogens (tertiary/aromatic N) is 1. The van der Waals surface area contributed by atoms with E-state index in [4.69, 9.17) is 21.4 Å². The molecular weight excluding hydrogens is 204 g/mol. The monoisotopic (exact) mass is 210 g/mol. The summed E-state index contributed by atoms with van der Waals surface area (Å²) in [5.74, 6) is 0.543. The summed E-state index contributed by atoms with van der Waals surface area (Å²) in [5, 5.41) is 9.43. The Morgan fingerprint density at radius 1 is 1.43 bits per heavy atom. The molecule has 5 heteroatoms. The fourth-order valence-corrected chi connectivity index (χ4v) is 1.20. The molecule has 1 heterocycles. The van der Waals surface area contributed by atoms with Crippen LogP contribution in [0.25, 0.3) is 0 Å². The molecule has 0 aliphatic rings. The van der Waals surface area contributed by atoms with Gasteiger partial charge in [-0.3, -0.25) is 0 Å². The van der Waals surface area contributed by atoms with Gasteiger partial charge in [0.05, 0.1) is 5.02 Å². The topological polar surface area (TPSA) is 58.1 Å². The number of phenols is 1. The summed E-state index contributed by atoms with van der Waals surface area (Å²) in [6.45, 7) is 0. The standard InChI is InChI=1S/C9H7ClN2O2/c10-7-5-6(13)1-2-8(7)14-9-11-3-4-12-9/h1-5,13H,(H,11,12). The maximum Gasteiger partial charge on any atom is 0.299 e. The molecule has 0 saturated carbocycles. The van der Waals surface area contributed by atoms with Crippen molar-refractivity contribution in [3.8, 4) is 17.5 Å². The second-order valence-electron chi connectivity index (χ2n) is 2.61. The van der Waals surface area contributed by atoms with Gasteiger partial charge in [-0.1, -0.05) is 11.6 Å². The van der Waals surface area contributed by atoms with Gasteiger partial charge in [0.1, 0.15) is 11.5 Å². The molecule has 72 valence electrons. The van der Waals surface area contributed by atoms with Gasteiger partial charge in [0.2, 0.25) is 0 Å². The highest BCUT2D eigenvalue weighted by molar-refractivity contribution is 6.32. The maximum absolute atomic E-state index is 9.10. The molecule has 0 radical (unpaired) electrons. The number of rotatable bonds is 2. The smallest absolute Gasteiger partial charge is 0.299 e. The minimum Gasteiger partial charge on any atom is -0.508 e. The molecule has 0 fully saturated rings. The highest BCUT2D eigenvalue weighted by atomic mass is 35.5. The number of ether oxygens (including phenoxy) is 1. The molecule has 0 spiro atoms. The predicted octanol–water partition coefficient (Wildman–Crippen LogP) is 2.56. The predicted molar refractivity (Wildman–Crippen MR) is 51.8 cm³/mol. The Morgan fingerprint density at radius 2 is 2.29 bits per heavy atom. The quantitative estimate of drug-likeness (QED) is 0.801. The van der Waals surface area contributed by atoms with Crippen LogP contribution < -0.4 is 4.74 Å². The van der Waals surface area contributed by atoms with Crippen molar-refractivity contribution in [2.24, 2.45) is 0 Å². The Labute approximate surface area is 85.1 Å². The van der Waals surface area contributed by atoms with Crippen LogP contribution in [-0.4, -0.2) is 15.1 Å². The van der Waals surface area contributed by atoms with Crippen molar-refractivity contribution in [3.05, 3.63) is 35.6 Å². The van der Waals surface area contributed by atoms with Gasteiger partial charge in [0.15, 0.2) is 0 Å². The van der Waals surface area contributed by atoms with Crippen molar-refractivity contribution >= 4 is 11.6 Å². The molecule has 0 atom stereocenters. The van der Waals surface area contributed by atoms with E-state index in [1.165, 1.54) is 12.1 Å². The summed E-state index contributed by atoms with van der Waals surface area (Å²) < 4.78 is 5.29. The fraction of sp³-hybridized carbons (Fsp3) is 0. The van der Waals surface area contributed by atoms with Crippen molar-refractivity contribution in [3.63, 3.8) is 0 Å². The second kappa shape index (κ2) is 3.59. The maximum atomic E-state index is 9.10. The van der Waals surface area contributed by atoms with E-state index in [-0.39, 0.29) is 5.75 Å². The van der Waals surface area contributed by atoms with E-state index in [1.54, 1.807) is 18.5 Å². The molecule has 2 N–H and O–H groups in total. The van der Waals surface area contributed by atoms with Crippen LogP contribution in [-0.2, 0) is 0 Å². The van der Waals surface area contributed by atoms with Gasteiger partial charge >= 0.3 is 0 Å². The van der Waals surface area contributed by atoms with Crippen LogP contribution in [0.15, 0.2) is 30.6 Å². The number of hydrogen-bond donors (Lipinski definition) is 2. The van der Waals surface area contributed by atoms with Crippen LogP contribution in [0, 0.1) is 0 Å². The summed E-state index contributed by atoms with van der Waals surface area (Å²) in [5.41, 5.74) is 0. The molecule has 4 nitrogen and oxygen atoms in total. The van der Waals surface area contributed by atoms with Crippen molar-refractivity contribution in [1.82, 2.24) is 9.97 Å². The second-order valence-corrected chi connectivity index (χ2v) is 3.02. The molecule has 0 saturated heterocycles. The number of halogens is 1. The molecule has 14 heavy (non-hydrogen) atoms. The number of phenolic OH excluding ortho intramolecular Hbond substituents is 1. The van der Waals surface area contributed by atoms with Crippen molar-refractivity contribution in [2.75, 3.05) is 0 Å². The zero-order valence-electron chi connectivity index (χ0n) is 7.07. The van der Waals surface area contributed by atoms with Gasteiger partial charge in [0, 0.05) is 18.5 Å². The van der Waals surface area contributed by atoms with E-state index < -0.39 is 0 Å². The molecule has 2 rings (SSSR count). The van der Waals surface area contributed by atoms with Crippen LogP contribution in [0.1, 0.15) is 0 Å².